The molecule has 0 aromatic carbocycles. The smallest absolute Gasteiger partial charge is 0.0477 e. The van der Waals surface area contributed by atoms with Crippen molar-refractivity contribution < 1.29 is 0 Å². The van der Waals surface area contributed by atoms with E-state index < -0.39 is 0 Å². The van der Waals surface area contributed by atoms with E-state index in [0.717, 1.165) is 22.5 Å². The number of hydrogen-bond donors (Lipinski definition) is 1. The maximum Gasteiger partial charge on any atom is 0.0477 e. The van der Waals surface area contributed by atoms with Gasteiger partial charge in [-0.1, -0.05) is 46.9 Å². The lowest BCUT2D eigenvalue weighted by molar-refractivity contribution is 1.34. The average molecular weight is 287 g/mol. The second-order valence-electron chi connectivity index (χ2n) is 3.33. The van der Waals surface area contributed by atoms with Gasteiger partial charge in [0, 0.05) is 48.2 Å². The molecule has 0 amide bonds. The van der Waals surface area contributed by atoms with E-state index in [2.05, 4.69) is 28.1 Å². The second-order valence-corrected chi connectivity index (χ2v) is 3.33. The minimum absolute atomic E-state index is 0.929. The first-order valence-electron chi connectivity index (χ1n) is 7.35. The molecule has 0 saturated heterocycles. The number of allylic oxidation sites excluding steroid dienone is 1. The standard InChI is InChI=1S/C14H17N3.2C2H6/c1-5-8-14-11(9-15-4)12(10-16-7-3)13(6-2)17-14;2*1-2/h5-10,17H,2-3H2,1,4H3;2*1-2H3/b8-5-,15-9?,16-10?;;. The fraction of sp³-hybridized carbons (Fsp3) is 0.333. The molecular weight excluding hydrogens is 258 g/mol. The SMILES string of the molecule is C=CN=Cc1c(C=C)[nH]c(/C=C\C)c1C=NC.CC.CC. The molecule has 1 heterocycles. The van der Waals surface area contributed by atoms with Crippen molar-refractivity contribution in [2.24, 2.45) is 9.98 Å². The molecular formula is C18H29N3. The minimum Gasteiger partial charge on any atom is -0.354 e. The van der Waals surface area contributed by atoms with Crippen LogP contribution in [-0.4, -0.2) is 24.5 Å². The molecule has 0 unspecified atom stereocenters. The molecule has 3 nitrogen and oxygen atoms in total. The quantitative estimate of drug-likeness (QED) is 0.709. The summed E-state index contributed by atoms with van der Waals surface area (Å²) in [6.07, 6.45) is 10.8. The third kappa shape index (κ3) is 6.70. The minimum atomic E-state index is 0.929. The van der Waals surface area contributed by atoms with E-state index in [1.807, 2.05) is 53.0 Å². The Morgan fingerprint density at radius 1 is 0.952 bits per heavy atom. The van der Waals surface area contributed by atoms with E-state index in [-0.39, 0.29) is 0 Å². The maximum atomic E-state index is 4.06. The van der Waals surface area contributed by atoms with Crippen LogP contribution in [0.1, 0.15) is 57.1 Å². The summed E-state index contributed by atoms with van der Waals surface area (Å²) >= 11 is 0. The molecule has 1 rings (SSSR count). The van der Waals surface area contributed by atoms with Gasteiger partial charge in [-0.3, -0.25) is 9.98 Å². The fourth-order valence-electron chi connectivity index (χ4n) is 1.56. The van der Waals surface area contributed by atoms with E-state index in [0.29, 0.717) is 0 Å². The van der Waals surface area contributed by atoms with Crippen LogP contribution >= 0.6 is 0 Å². The molecule has 1 N–H and O–H groups in total. The van der Waals surface area contributed by atoms with Gasteiger partial charge in [0.25, 0.3) is 0 Å². The lowest BCUT2D eigenvalue weighted by Crippen LogP contribution is -1.90. The van der Waals surface area contributed by atoms with Gasteiger partial charge in [0.05, 0.1) is 0 Å². The van der Waals surface area contributed by atoms with Crippen molar-refractivity contribution in [1.82, 2.24) is 4.98 Å². The Morgan fingerprint density at radius 3 is 1.95 bits per heavy atom. The summed E-state index contributed by atoms with van der Waals surface area (Å²) in [6, 6.07) is 0. The highest BCUT2D eigenvalue weighted by Crippen LogP contribution is 2.18. The number of rotatable bonds is 5. The number of hydrogen-bond acceptors (Lipinski definition) is 2. The molecule has 0 radical (unpaired) electrons. The monoisotopic (exact) mass is 287 g/mol. The molecule has 0 fully saturated rings. The van der Waals surface area contributed by atoms with Crippen LogP contribution in [0.4, 0.5) is 0 Å². The van der Waals surface area contributed by atoms with Crippen molar-refractivity contribution >= 4 is 24.6 Å². The van der Waals surface area contributed by atoms with Gasteiger partial charge in [-0.2, -0.15) is 0 Å². The van der Waals surface area contributed by atoms with E-state index >= 15 is 0 Å². The molecule has 1 aromatic heterocycles. The number of nitrogens with one attached hydrogen (secondary N) is 1. The van der Waals surface area contributed by atoms with E-state index in [1.165, 1.54) is 6.20 Å². The summed E-state index contributed by atoms with van der Waals surface area (Å²) < 4.78 is 0. The van der Waals surface area contributed by atoms with E-state index in [4.69, 9.17) is 0 Å². The number of aliphatic imine (C=N–C) groups is 2. The number of nitrogens with zero attached hydrogens (tertiary/aromatic N) is 2. The second kappa shape index (κ2) is 14.3. The lowest BCUT2D eigenvalue weighted by Gasteiger charge is -1.94. The molecule has 0 spiro atoms. The highest BCUT2D eigenvalue weighted by atomic mass is 14.8. The molecule has 0 bridgehead atoms. The zero-order valence-corrected chi connectivity index (χ0v) is 14.3. The molecule has 116 valence electrons. The molecule has 0 atom stereocenters. The molecule has 0 aliphatic heterocycles. The summed E-state index contributed by atoms with van der Waals surface area (Å²) in [6.45, 7) is 17.3. The van der Waals surface area contributed by atoms with Crippen molar-refractivity contribution in [1.29, 1.82) is 0 Å². The normalized spacial score (nSPS) is 10.2. The van der Waals surface area contributed by atoms with Crippen molar-refractivity contribution in [2.45, 2.75) is 34.6 Å². The Bertz CT molecular complexity index is 489. The van der Waals surface area contributed by atoms with Gasteiger partial charge in [0.1, 0.15) is 0 Å². The van der Waals surface area contributed by atoms with Crippen molar-refractivity contribution in [2.75, 3.05) is 7.05 Å². The Kier molecular flexibility index (Phi) is 14.4. The Labute approximate surface area is 129 Å². The molecule has 0 aliphatic carbocycles. The zero-order valence-electron chi connectivity index (χ0n) is 14.3. The van der Waals surface area contributed by atoms with Crippen LogP contribution in [0, 0.1) is 0 Å². The third-order valence-corrected chi connectivity index (χ3v) is 2.24. The first kappa shape index (κ1) is 21.1. The predicted octanol–water partition coefficient (Wildman–Crippen LogP) is 5.35. The van der Waals surface area contributed by atoms with Crippen LogP contribution in [0.15, 0.2) is 35.4 Å². The molecule has 21 heavy (non-hydrogen) atoms. The molecule has 0 aliphatic rings. The number of aromatic amines is 1. The highest BCUT2D eigenvalue weighted by molar-refractivity contribution is 6.00. The Hall–Kier alpha value is -2.16. The summed E-state index contributed by atoms with van der Waals surface area (Å²) in [5.41, 5.74) is 3.90. The first-order chi connectivity index (χ1) is 10.3. The van der Waals surface area contributed by atoms with Crippen LogP contribution in [0.5, 0.6) is 0 Å². The van der Waals surface area contributed by atoms with Crippen molar-refractivity contribution in [3.05, 3.63) is 47.9 Å². The van der Waals surface area contributed by atoms with E-state index in [1.54, 1.807) is 19.3 Å². The largest absolute Gasteiger partial charge is 0.354 e. The van der Waals surface area contributed by atoms with Gasteiger partial charge in [0.15, 0.2) is 0 Å². The van der Waals surface area contributed by atoms with Crippen LogP contribution in [0.2, 0.25) is 0 Å². The van der Waals surface area contributed by atoms with Gasteiger partial charge >= 0.3 is 0 Å². The predicted molar refractivity (Wildman–Crippen MR) is 99.6 cm³/mol. The molecule has 3 heteroatoms. The summed E-state index contributed by atoms with van der Waals surface area (Å²) in [5, 5.41) is 0. The van der Waals surface area contributed by atoms with Crippen LogP contribution in [0.25, 0.3) is 12.2 Å². The number of aromatic nitrogens is 1. The van der Waals surface area contributed by atoms with Gasteiger partial charge < -0.3 is 4.98 Å². The van der Waals surface area contributed by atoms with Gasteiger partial charge in [-0.05, 0) is 19.1 Å². The van der Waals surface area contributed by atoms with Gasteiger partial charge in [0.2, 0.25) is 0 Å². The Morgan fingerprint density at radius 2 is 1.52 bits per heavy atom. The zero-order chi connectivity index (χ0) is 16.7. The molecule has 0 saturated carbocycles. The van der Waals surface area contributed by atoms with Crippen LogP contribution in [-0.2, 0) is 0 Å². The highest BCUT2D eigenvalue weighted by Gasteiger charge is 2.10. The van der Waals surface area contributed by atoms with E-state index in [9.17, 15) is 0 Å². The summed E-state index contributed by atoms with van der Waals surface area (Å²) in [5.74, 6) is 0. The number of H-pyrrole nitrogens is 1. The van der Waals surface area contributed by atoms with Crippen molar-refractivity contribution in [3.63, 3.8) is 0 Å². The summed E-state index contributed by atoms with van der Waals surface area (Å²) in [4.78, 5) is 11.4. The van der Waals surface area contributed by atoms with Gasteiger partial charge in [-0.15, -0.1) is 0 Å². The van der Waals surface area contributed by atoms with Crippen LogP contribution in [0.3, 0.4) is 0 Å². The third-order valence-electron chi connectivity index (χ3n) is 2.24. The van der Waals surface area contributed by atoms with Crippen LogP contribution < -0.4 is 0 Å². The summed E-state index contributed by atoms with van der Waals surface area (Å²) in [7, 11) is 1.74. The fourth-order valence-corrected chi connectivity index (χ4v) is 1.56. The average Bonchev–Trinajstić information content (AvgIpc) is 2.87. The Balaban J connectivity index is 0. The maximum absolute atomic E-state index is 4.06. The van der Waals surface area contributed by atoms with Gasteiger partial charge in [-0.25, -0.2) is 0 Å². The molecule has 1 aromatic rings. The van der Waals surface area contributed by atoms with Crippen molar-refractivity contribution in [3.8, 4) is 0 Å². The lowest BCUT2D eigenvalue weighted by atomic mass is 10.1. The first-order valence-corrected chi connectivity index (χ1v) is 7.35. The topological polar surface area (TPSA) is 40.5 Å².